The molecule has 1 saturated heterocycles. The van der Waals surface area contributed by atoms with Crippen LogP contribution in [0, 0.1) is 16.0 Å². The minimum Gasteiger partial charge on any atom is -0.334 e. The molecule has 0 saturated carbocycles. The first-order chi connectivity index (χ1) is 10.4. The highest BCUT2D eigenvalue weighted by Gasteiger charge is 2.26. The summed E-state index contributed by atoms with van der Waals surface area (Å²) in [5.74, 6) is -1.13. The number of nitrogens with zero attached hydrogens (tertiary/aromatic N) is 2. The molecule has 0 bridgehead atoms. The number of anilines is 1. The smallest absolute Gasteiger partial charge is 0.313 e. The fourth-order valence-corrected chi connectivity index (χ4v) is 2.58. The third-order valence-electron chi connectivity index (χ3n) is 3.55. The van der Waals surface area contributed by atoms with Crippen molar-refractivity contribution in [3.63, 3.8) is 0 Å². The lowest BCUT2D eigenvalue weighted by atomic mass is 10.0. The van der Waals surface area contributed by atoms with E-state index in [0.29, 0.717) is 19.0 Å². The number of amides is 2. The van der Waals surface area contributed by atoms with Gasteiger partial charge in [-0.15, -0.1) is 0 Å². The second-order valence-corrected chi connectivity index (χ2v) is 5.78. The average Bonchev–Trinajstić information content (AvgIpc) is 2.48. The van der Waals surface area contributed by atoms with Gasteiger partial charge >= 0.3 is 11.8 Å². The number of halogens is 1. The van der Waals surface area contributed by atoms with E-state index in [-0.39, 0.29) is 16.4 Å². The molecule has 1 aromatic rings. The van der Waals surface area contributed by atoms with Gasteiger partial charge in [-0.05, 0) is 24.8 Å². The molecule has 1 unspecified atom stereocenters. The zero-order chi connectivity index (χ0) is 16.3. The number of carbonyl (C=O) groups is 2. The normalized spacial score (nSPS) is 17.9. The van der Waals surface area contributed by atoms with Crippen LogP contribution in [0.25, 0.3) is 0 Å². The summed E-state index contributed by atoms with van der Waals surface area (Å²) in [6.45, 7) is 3.10. The second kappa shape index (κ2) is 6.74. The number of nitrogens with one attached hydrogen (secondary N) is 1. The van der Waals surface area contributed by atoms with Gasteiger partial charge in [0.15, 0.2) is 0 Å². The molecule has 1 aliphatic rings. The Morgan fingerprint density at radius 3 is 2.82 bits per heavy atom. The van der Waals surface area contributed by atoms with Gasteiger partial charge in [-0.3, -0.25) is 19.7 Å². The van der Waals surface area contributed by atoms with Crippen LogP contribution in [0.15, 0.2) is 18.2 Å². The van der Waals surface area contributed by atoms with Gasteiger partial charge in [0.2, 0.25) is 0 Å². The number of hydrogen-bond acceptors (Lipinski definition) is 4. The van der Waals surface area contributed by atoms with Crippen LogP contribution < -0.4 is 5.32 Å². The van der Waals surface area contributed by atoms with Crippen LogP contribution in [0.1, 0.15) is 19.8 Å². The lowest BCUT2D eigenvalue weighted by molar-refractivity contribution is -0.384. The Bertz CT molecular complexity index is 620. The highest BCUT2D eigenvalue weighted by Crippen LogP contribution is 2.26. The molecule has 2 rings (SSSR count). The Morgan fingerprint density at radius 2 is 2.18 bits per heavy atom. The molecule has 1 fully saturated rings. The maximum Gasteiger partial charge on any atom is 0.313 e. The first-order valence-electron chi connectivity index (χ1n) is 6.92. The van der Waals surface area contributed by atoms with E-state index < -0.39 is 16.7 Å². The molecule has 0 aromatic heterocycles. The summed E-state index contributed by atoms with van der Waals surface area (Å²) in [7, 11) is 0. The summed E-state index contributed by atoms with van der Waals surface area (Å²) in [6.07, 6.45) is 1.89. The standard InChI is InChI=1S/C14H16ClN3O4/c1-9-3-2-6-17(8-9)14(20)13(19)16-12-7-10(18(21)22)4-5-11(12)15/h4-5,7,9H,2-3,6,8H2,1H3,(H,16,19). The van der Waals surface area contributed by atoms with Crippen molar-refractivity contribution in [3.8, 4) is 0 Å². The Labute approximate surface area is 132 Å². The molecule has 118 valence electrons. The minimum atomic E-state index is -0.837. The van der Waals surface area contributed by atoms with Gasteiger partial charge in [0, 0.05) is 25.2 Å². The quantitative estimate of drug-likeness (QED) is 0.513. The molecule has 1 aliphatic heterocycles. The third-order valence-corrected chi connectivity index (χ3v) is 3.88. The molecule has 7 nitrogen and oxygen atoms in total. The van der Waals surface area contributed by atoms with Crippen LogP contribution in [0.2, 0.25) is 5.02 Å². The zero-order valence-electron chi connectivity index (χ0n) is 12.0. The van der Waals surface area contributed by atoms with Gasteiger partial charge in [0.25, 0.3) is 5.69 Å². The molecule has 22 heavy (non-hydrogen) atoms. The van der Waals surface area contributed by atoms with Crippen molar-refractivity contribution in [1.82, 2.24) is 4.90 Å². The summed E-state index contributed by atoms with van der Waals surface area (Å²) in [4.78, 5) is 35.8. The van der Waals surface area contributed by atoms with Crippen molar-refractivity contribution in [3.05, 3.63) is 33.3 Å². The number of piperidine rings is 1. The number of benzene rings is 1. The van der Waals surface area contributed by atoms with Crippen LogP contribution in [-0.4, -0.2) is 34.7 Å². The number of nitro benzene ring substituents is 1. The van der Waals surface area contributed by atoms with Crippen molar-refractivity contribution in [2.24, 2.45) is 5.92 Å². The SMILES string of the molecule is CC1CCCN(C(=O)C(=O)Nc2cc([N+](=O)[O-])ccc2Cl)C1. The van der Waals surface area contributed by atoms with E-state index in [9.17, 15) is 19.7 Å². The first kappa shape index (κ1) is 16.2. The zero-order valence-corrected chi connectivity index (χ0v) is 12.8. The number of likely N-dealkylation sites (tertiary alicyclic amines) is 1. The summed E-state index contributed by atoms with van der Waals surface area (Å²) < 4.78 is 0. The average molecular weight is 326 g/mol. The van der Waals surface area contributed by atoms with Crippen molar-refractivity contribution in [2.75, 3.05) is 18.4 Å². The molecule has 1 aromatic carbocycles. The van der Waals surface area contributed by atoms with Gasteiger partial charge in [0.05, 0.1) is 15.6 Å². The lowest BCUT2D eigenvalue weighted by Gasteiger charge is -2.30. The first-order valence-corrected chi connectivity index (χ1v) is 7.30. The van der Waals surface area contributed by atoms with E-state index in [1.165, 1.54) is 17.0 Å². The van der Waals surface area contributed by atoms with E-state index in [1.807, 2.05) is 6.92 Å². The Hall–Kier alpha value is -2.15. The van der Waals surface area contributed by atoms with Gasteiger partial charge in [-0.2, -0.15) is 0 Å². The van der Waals surface area contributed by atoms with E-state index in [0.717, 1.165) is 18.9 Å². The number of non-ortho nitro benzene ring substituents is 1. The van der Waals surface area contributed by atoms with Crippen LogP contribution >= 0.6 is 11.6 Å². The maximum atomic E-state index is 12.1. The van der Waals surface area contributed by atoms with Gasteiger partial charge < -0.3 is 10.2 Å². The fourth-order valence-electron chi connectivity index (χ4n) is 2.42. The Balaban J connectivity index is 2.09. The number of nitro groups is 1. The predicted molar refractivity (Wildman–Crippen MR) is 81.7 cm³/mol. The number of rotatable bonds is 2. The topological polar surface area (TPSA) is 92.6 Å². The van der Waals surface area contributed by atoms with Gasteiger partial charge in [-0.25, -0.2) is 0 Å². The summed E-state index contributed by atoms with van der Waals surface area (Å²) >= 11 is 5.90. The summed E-state index contributed by atoms with van der Waals surface area (Å²) in [5, 5.41) is 13.2. The Kier molecular flexibility index (Phi) is 4.97. The molecular weight excluding hydrogens is 310 g/mol. The van der Waals surface area contributed by atoms with Crippen molar-refractivity contribution >= 4 is 34.8 Å². The summed E-state index contributed by atoms with van der Waals surface area (Å²) in [5.41, 5.74) is -0.155. The predicted octanol–water partition coefficient (Wildman–Crippen LogP) is 2.45. The molecule has 2 amide bonds. The largest absolute Gasteiger partial charge is 0.334 e. The van der Waals surface area contributed by atoms with Crippen LogP contribution in [0.3, 0.4) is 0 Å². The summed E-state index contributed by atoms with van der Waals surface area (Å²) in [6, 6.07) is 3.67. The highest BCUT2D eigenvalue weighted by atomic mass is 35.5. The van der Waals surface area contributed by atoms with Crippen molar-refractivity contribution in [1.29, 1.82) is 0 Å². The molecule has 0 spiro atoms. The van der Waals surface area contributed by atoms with E-state index in [1.54, 1.807) is 0 Å². The monoisotopic (exact) mass is 325 g/mol. The minimum absolute atomic E-state index is 0.0549. The van der Waals surface area contributed by atoms with Crippen LogP contribution in [-0.2, 0) is 9.59 Å². The third kappa shape index (κ3) is 3.73. The van der Waals surface area contributed by atoms with Crippen molar-refractivity contribution in [2.45, 2.75) is 19.8 Å². The fraction of sp³-hybridized carbons (Fsp3) is 0.429. The maximum absolute atomic E-state index is 12.1. The number of hydrogen-bond donors (Lipinski definition) is 1. The van der Waals surface area contributed by atoms with E-state index in [2.05, 4.69) is 5.32 Å². The van der Waals surface area contributed by atoms with Gasteiger partial charge in [0.1, 0.15) is 0 Å². The molecule has 1 heterocycles. The molecule has 8 heteroatoms. The highest BCUT2D eigenvalue weighted by molar-refractivity contribution is 6.41. The molecule has 0 aliphatic carbocycles. The second-order valence-electron chi connectivity index (χ2n) is 5.37. The van der Waals surface area contributed by atoms with Crippen LogP contribution in [0.5, 0.6) is 0 Å². The molecule has 0 radical (unpaired) electrons. The Morgan fingerprint density at radius 1 is 1.45 bits per heavy atom. The molecule has 1 atom stereocenters. The lowest BCUT2D eigenvalue weighted by Crippen LogP contribution is -2.44. The molecule has 1 N–H and O–H groups in total. The van der Waals surface area contributed by atoms with Crippen LogP contribution in [0.4, 0.5) is 11.4 Å². The molecular formula is C14H16ClN3O4. The van der Waals surface area contributed by atoms with E-state index >= 15 is 0 Å². The van der Waals surface area contributed by atoms with Gasteiger partial charge in [-0.1, -0.05) is 18.5 Å². The van der Waals surface area contributed by atoms with E-state index in [4.69, 9.17) is 11.6 Å². The number of carbonyl (C=O) groups excluding carboxylic acids is 2. The van der Waals surface area contributed by atoms with Crippen molar-refractivity contribution < 1.29 is 14.5 Å².